The molecule has 0 aliphatic rings. The molecule has 2 heterocycles. The van der Waals surface area contributed by atoms with Crippen LogP contribution in [0.5, 0.6) is 0 Å². The molecule has 5 nitrogen and oxygen atoms in total. The number of anilines is 1. The summed E-state index contributed by atoms with van der Waals surface area (Å²) in [6.45, 7) is 5.55. The summed E-state index contributed by atoms with van der Waals surface area (Å²) in [6.07, 6.45) is 5.51. The van der Waals surface area contributed by atoms with E-state index in [1.807, 2.05) is 23.8 Å². The SMILES string of the molecule is CCn1ccnc1NCc1ccnc(C)n1. The molecule has 0 amide bonds. The predicted molar refractivity (Wildman–Crippen MR) is 62.0 cm³/mol. The lowest BCUT2D eigenvalue weighted by atomic mass is 10.4. The van der Waals surface area contributed by atoms with Crippen LogP contribution in [0.1, 0.15) is 18.4 Å². The highest BCUT2D eigenvalue weighted by Gasteiger charge is 2.01. The third-order valence-electron chi connectivity index (χ3n) is 2.32. The summed E-state index contributed by atoms with van der Waals surface area (Å²) in [4.78, 5) is 12.6. The second-order valence-corrected chi connectivity index (χ2v) is 3.49. The van der Waals surface area contributed by atoms with Gasteiger partial charge in [-0.05, 0) is 19.9 Å². The van der Waals surface area contributed by atoms with Crippen LogP contribution in [0.25, 0.3) is 0 Å². The van der Waals surface area contributed by atoms with E-state index in [4.69, 9.17) is 0 Å². The van der Waals surface area contributed by atoms with E-state index >= 15 is 0 Å². The molecule has 5 heteroatoms. The van der Waals surface area contributed by atoms with E-state index in [0.29, 0.717) is 6.54 Å². The summed E-state index contributed by atoms with van der Waals surface area (Å²) in [5, 5.41) is 3.25. The van der Waals surface area contributed by atoms with E-state index in [0.717, 1.165) is 24.0 Å². The minimum Gasteiger partial charge on any atom is -0.350 e. The molecule has 0 aromatic carbocycles. The highest BCUT2D eigenvalue weighted by atomic mass is 15.2. The molecule has 16 heavy (non-hydrogen) atoms. The second kappa shape index (κ2) is 4.74. The van der Waals surface area contributed by atoms with Crippen molar-refractivity contribution in [2.75, 3.05) is 5.32 Å². The smallest absolute Gasteiger partial charge is 0.203 e. The van der Waals surface area contributed by atoms with Crippen LogP contribution in [0.3, 0.4) is 0 Å². The highest BCUT2D eigenvalue weighted by Crippen LogP contribution is 2.05. The van der Waals surface area contributed by atoms with Crippen LogP contribution in [0.2, 0.25) is 0 Å². The number of aryl methyl sites for hydroxylation is 2. The molecule has 0 saturated carbocycles. The van der Waals surface area contributed by atoms with Gasteiger partial charge in [0.2, 0.25) is 5.95 Å². The molecule has 0 aliphatic carbocycles. The van der Waals surface area contributed by atoms with Crippen molar-refractivity contribution in [3.8, 4) is 0 Å². The molecule has 0 spiro atoms. The summed E-state index contributed by atoms with van der Waals surface area (Å²) in [6, 6.07) is 1.90. The van der Waals surface area contributed by atoms with Crippen LogP contribution < -0.4 is 5.32 Å². The van der Waals surface area contributed by atoms with E-state index in [9.17, 15) is 0 Å². The zero-order chi connectivity index (χ0) is 11.4. The molecular formula is C11H15N5. The molecular weight excluding hydrogens is 202 g/mol. The summed E-state index contributed by atoms with van der Waals surface area (Å²) >= 11 is 0. The molecule has 0 unspecified atom stereocenters. The van der Waals surface area contributed by atoms with Gasteiger partial charge in [0.1, 0.15) is 5.82 Å². The maximum Gasteiger partial charge on any atom is 0.203 e. The largest absolute Gasteiger partial charge is 0.350 e. The van der Waals surface area contributed by atoms with Gasteiger partial charge in [-0.3, -0.25) is 0 Å². The molecule has 0 aliphatic heterocycles. The Morgan fingerprint density at radius 3 is 2.94 bits per heavy atom. The first-order chi connectivity index (χ1) is 7.79. The fraction of sp³-hybridized carbons (Fsp3) is 0.364. The maximum absolute atomic E-state index is 4.32. The van der Waals surface area contributed by atoms with Crippen molar-refractivity contribution >= 4 is 5.95 Å². The number of aromatic nitrogens is 4. The number of nitrogens with zero attached hydrogens (tertiary/aromatic N) is 4. The highest BCUT2D eigenvalue weighted by molar-refractivity contribution is 5.26. The van der Waals surface area contributed by atoms with Gasteiger partial charge < -0.3 is 9.88 Å². The van der Waals surface area contributed by atoms with Gasteiger partial charge in [0.25, 0.3) is 0 Å². The molecule has 0 fully saturated rings. The van der Waals surface area contributed by atoms with Crippen molar-refractivity contribution in [3.05, 3.63) is 36.2 Å². The molecule has 1 N–H and O–H groups in total. The standard InChI is InChI=1S/C11H15N5/c1-3-16-7-6-13-11(16)14-8-10-4-5-12-9(2)15-10/h4-7H,3,8H2,1-2H3,(H,13,14). The van der Waals surface area contributed by atoms with E-state index < -0.39 is 0 Å². The van der Waals surface area contributed by atoms with Crippen molar-refractivity contribution in [2.45, 2.75) is 26.9 Å². The first-order valence-corrected chi connectivity index (χ1v) is 5.33. The number of rotatable bonds is 4. The molecule has 0 atom stereocenters. The molecule has 0 radical (unpaired) electrons. The lowest BCUT2D eigenvalue weighted by Gasteiger charge is -2.07. The summed E-state index contributed by atoms with van der Waals surface area (Å²) in [5.41, 5.74) is 0.971. The summed E-state index contributed by atoms with van der Waals surface area (Å²) < 4.78 is 2.05. The Bertz CT molecular complexity index is 463. The predicted octanol–water partition coefficient (Wildman–Crippen LogP) is 1.61. The second-order valence-electron chi connectivity index (χ2n) is 3.49. The van der Waals surface area contributed by atoms with Crippen LogP contribution in [0.4, 0.5) is 5.95 Å². The third-order valence-corrected chi connectivity index (χ3v) is 2.32. The van der Waals surface area contributed by atoms with E-state index in [-0.39, 0.29) is 0 Å². The number of imidazole rings is 1. The molecule has 84 valence electrons. The minimum atomic E-state index is 0.667. The quantitative estimate of drug-likeness (QED) is 0.845. The zero-order valence-corrected chi connectivity index (χ0v) is 9.51. The fourth-order valence-corrected chi connectivity index (χ4v) is 1.50. The Kier molecular flexibility index (Phi) is 3.14. The van der Waals surface area contributed by atoms with Crippen molar-refractivity contribution in [1.29, 1.82) is 0 Å². The topological polar surface area (TPSA) is 55.6 Å². The molecule has 0 saturated heterocycles. The number of nitrogens with one attached hydrogen (secondary N) is 1. The summed E-state index contributed by atoms with van der Waals surface area (Å²) in [7, 11) is 0. The van der Waals surface area contributed by atoms with Crippen molar-refractivity contribution < 1.29 is 0 Å². The van der Waals surface area contributed by atoms with Crippen molar-refractivity contribution in [2.24, 2.45) is 0 Å². The monoisotopic (exact) mass is 217 g/mol. The Labute approximate surface area is 94.6 Å². The van der Waals surface area contributed by atoms with E-state index in [1.54, 1.807) is 12.4 Å². The van der Waals surface area contributed by atoms with Gasteiger partial charge in [0, 0.05) is 25.1 Å². The molecule has 2 rings (SSSR count). The van der Waals surface area contributed by atoms with Crippen LogP contribution in [0.15, 0.2) is 24.7 Å². The van der Waals surface area contributed by atoms with Crippen LogP contribution in [-0.2, 0) is 13.1 Å². The Hall–Kier alpha value is -1.91. The fourth-order valence-electron chi connectivity index (χ4n) is 1.50. The number of hydrogen-bond acceptors (Lipinski definition) is 4. The Balaban J connectivity index is 2.02. The van der Waals surface area contributed by atoms with Crippen LogP contribution >= 0.6 is 0 Å². The van der Waals surface area contributed by atoms with Gasteiger partial charge in [-0.15, -0.1) is 0 Å². The van der Waals surface area contributed by atoms with E-state index in [1.165, 1.54) is 0 Å². The normalized spacial score (nSPS) is 10.4. The maximum atomic E-state index is 4.32. The van der Waals surface area contributed by atoms with Gasteiger partial charge in [-0.2, -0.15) is 0 Å². The van der Waals surface area contributed by atoms with Crippen LogP contribution in [-0.4, -0.2) is 19.5 Å². The molecule has 2 aromatic heterocycles. The minimum absolute atomic E-state index is 0.667. The van der Waals surface area contributed by atoms with Gasteiger partial charge in [-0.1, -0.05) is 0 Å². The lowest BCUT2D eigenvalue weighted by Crippen LogP contribution is -2.08. The molecule has 0 bridgehead atoms. The van der Waals surface area contributed by atoms with E-state index in [2.05, 4.69) is 27.2 Å². The van der Waals surface area contributed by atoms with Gasteiger partial charge in [-0.25, -0.2) is 15.0 Å². The lowest BCUT2D eigenvalue weighted by molar-refractivity contribution is 0.761. The average molecular weight is 217 g/mol. The van der Waals surface area contributed by atoms with Gasteiger partial charge in [0.15, 0.2) is 0 Å². The third kappa shape index (κ3) is 2.36. The van der Waals surface area contributed by atoms with Gasteiger partial charge in [0.05, 0.1) is 12.2 Å². The first kappa shape index (κ1) is 10.6. The Morgan fingerprint density at radius 2 is 2.19 bits per heavy atom. The zero-order valence-electron chi connectivity index (χ0n) is 9.51. The Morgan fingerprint density at radius 1 is 1.31 bits per heavy atom. The van der Waals surface area contributed by atoms with Crippen molar-refractivity contribution in [1.82, 2.24) is 19.5 Å². The first-order valence-electron chi connectivity index (χ1n) is 5.33. The average Bonchev–Trinajstić information content (AvgIpc) is 2.74. The van der Waals surface area contributed by atoms with Crippen LogP contribution in [0, 0.1) is 6.92 Å². The van der Waals surface area contributed by atoms with Gasteiger partial charge >= 0.3 is 0 Å². The van der Waals surface area contributed by atoms with Crippen molar-refractivity contribution in [3.63, 3.8) is 0 Å². The molecule has 2 aromatic rings. The summed E-state index contributed by atoms with van der Waals surface area (Å²) in [5.74, 6) is 1.66. The number of hydrogen-bond donors (Lipinski definition) is 1.